The van der Waals surface area contributed by atoms with E-state index in [9.17, 15) is 0 Å². The lowest BCUT2D eigenvalue weighted by atomic mass is 9.90. The molecule has 2 aliphatic rings. The molecule has 4 heterocycles. The van der Waals surface area contributed by atoms with Crippen molar-refractivity contribution in [1.82, 2.24) is 29.1 Å². The van der Waals surface area contributed by atoms with E-state index in [4.69, 9.17) is 21.6 Å². The molecule has 0 bridgehead atoms. The van der Waals surface area contributed by atoms with Gasteiger partial charge in [-0.1, -0.05) is 12.8 Å². The van der Waals surface area contributed by atoms with Crippen LogP contribution in [0.3, 0.4) is 0 Å². The van der Waals surface area contributed by atoms with Crippen molar-refractivity contribution in [3.8, 4) is 0 Å². The number of allylic oxidation sites excluding steroid dienone is 1. The van der Waals surface area contributed by atoms with Crippen LogP contribution in [0, 0.1) is 0 Å². The Morgan fingerprint density at radius 1 is 1.18 bits per heavy atom. The minimum atomic E-state index is -0.541. The normalized spacial score (nSPS) is 22.0. The van der Waals surface area contributed by atoms with Crippen molar-refractivity contribution in [3.63, 3.8) is 0 Å². The Bertz CT molecular complexity index is 1020. The van der Waals surface area contributed by atoms with Crippen LogP contribution in [-0.2, 0) is 12.1 Å². The molecule has 0 saturated heterocycles. The van der Waals surface area contributed by atoms with Gasteiger partial charge in [-0.3, -0.25) is 4.99 Å². The van der Waals surface area contributed by atoms with Crippen molar-refractivity contribution in [1.29, 1.82) is 0 Å². The first-order chi connectivity index (χ1) is 13.8. The maximum absolute atomic E-state index is 6.36. The molecule has 3 aromatic rings. The van der Waals surface area contributed by atoms with Gasteiger partial charge in [0.25, 0.3) is 0 Å². The average molecular weight is 396 g/mol. The van der Waals surface area contributed by atoms with Gasteiger partial charge in [0.1, 0.15) is 16.7 Å². The average Bonchev–Trinajstić information content (AvgIpc) is 3.47. The van der Waals surface area contributed by atoms with Crippen LogP contribution in [0.15, 0.2) is 42.2 Å². The van der Waals surface area contributed by atoms with Crippen molar-refractivity contribution in [2.75, 3.05) is 0 Å². The third-order valence-electron chi connectivity index (χ3n) is 5.82. The van der Waals surface area contributed by atoms with Crippen LogP contribution in [0.5, 0.6) is 0 Å². The fraction of sp³-hybridized carbons (Fsp3) is 0.450. The highest BCUT2D eigenvalue weighted by atomic mass is 35.5. The molecule has 0 amide bonds. The summed E-state index contributed by atoms with van der Waals surface area (Å²) in [7, 11) is 0. The molecule has 0 spiro atoms. The van der Waals surface area contributed by atoms with Crippen LogP contribution in [0.25, 0.3) is 11.2 Å². The van der Waals surface area contributed by atoms with Crippen LogP contribution in [0.4, 0.5) is 0 Å². The molecular weight excluding hydrogens is 374 g/mol. The fourth-order valence-electron chi connectivity index (χ4n) is 4.42. The summed E-state index contributed by atoms with van der Waals surface area (Å²) < 4.78 is 4.26. The highest BCUT2D eigenvalue weighted by molar-refractivity contribution is 6.28. The SMILES string of the molecule is Clc1nc(C2(CCCn3ccnc3)C=CC=N2)c2ncn(C3CCCC3)c2n1. The van der Waals surface area contributed by atoms with Crippen molar-refractivity contribution in [2.24, 2.45) is 4.99 Å². The zero-order valence-electron chi connectivity index (χ0n) is 15.6. The van der Waals surface area contributed by atoms with Crippen molar-refractivity contribution in [3.05, 3.63) is 48.2 Å². The number of halogens is 1. The molecule has 1 aliphatic heterocycles. The summed E-state index contributed by atoms with van der Waals surface area (Å²) in [5.41, 5.74) is 1.89. The third-order valence-corrected chi connectivity index (χ3v) is 5.99. The molecule has 5 rings (SSSR count). The second kappa shape index (κ2) is 7.13. The molecule has 0 aromatic carbocycles. The summed E-state index contributed by atoms with van der Waals surface area (Å²) >= 11 is 6.36. The minimum Gasteiger partial charge on any atom is -0.337 e. The molecule has 1 aliphatic carbocycles. The van der Waals surface area contributed by atoms with Gasteiger partial charge in [0.05, 0.1) is 12.7 Å². The standard InChI is InChI=1S/C20H22ClN7/c21-19-25-17(16-18(26-19)28(14-23-16)15-5-1-2-6-15)20(7-3-9-24-20)8-4-11-27-12-10-22-13-27/h3,7,9-10,12-15H,1-2,4-6,8,11H2. The highest BCUT2D eigenvalue weighted by Gasteiger charge is 2.35. The molecule has 8 heteroatoms. The van der Waals surface area contributed by atoms with Gasteiger partial charge in [-0.25, -0.2) is 15.0 Å². The molecule has 7 nitrogen and oxygen atoms in total. The van der Waals surface area contributed by atoms with Gasteiger partial charge in [-0.2, -0.15) is 4.98 Å². The Kier molecular flexibility index (Phi) is 4.47. The Hall–Kier alpha value is -2.54. The number of fused-ring (bicyclic) bond motifs is 1. The highest BCUT2D eigenvalue weighted by Crippen LogP contribution is 2.39. The van der Waals surface area contributed by atoms with Gasteiger partial charge >= 0.3 is 0 Å². The molecule has 1 saturated carbocycles. The second-order valence-corrected chi connectivity index (χ2v) is 7.91. The number of hydrogen-bond acceptors (Lipinski definition) is 5. The van der Waals surface area contributed by atoms with E-state index < -0.39 is 5.54 Å². The number of hydrogen-bond donors (Lipinski definition) is 0. The van der Waals surface area contributed by atoms with Crippen LogP contribution >= 0.6 is 11.6 Å². The van der Waals surface area contributed by atoms with Gasteiger partial charge in [0.15, 0.2) is 5.65 Å². The van der Waals surface area contributed by atoms with Crippen molar-refractivity contribution >= 4 is 29.0 Å². The lowest BCUT2D eigenvalue weighted by Crippen LogP contribution is -2.23. The monoisotopic (exact) mass is 395 g/mol. The molecule has 144 valence electrons. The Morgan fingerprint density at radius 2 is 2.07 bits per heavy atom. The molecule has 0 N–H and O–H groups in total. The lowest BCUT2D eigenvalue weighted by Gasteiger charge is -2.24. The molecular formula is C20H22ClN7. The van der Waals surface area contributed by atoms with Gasteiger partial charge in [-0.15, -0.1) is 0 Å². The largest absolute Gasteiger partial charge is 0.337 e. The van der Waals surface area contributed by atoms with Gasteiger partial charge < -0.3 is 9.13 Å². The summed E-state index contributed by atoms with van der Waals surface area (Å²) in [5, 5.41) is 0.256. The predicted octanol–water partition coefficient (Wildman–Crippen LogP) is 4.11. The maximum Gasteiger partial charge on any atom is 0.224 e. The number of rotatable bonds is 6. The van der Waals surface area contributed by atoms with E-state index in [0.717, 1.165) is 49.1 Å². The van der Waals surface area contributed by atoms with Crippen LogP contribution in [0.2, 0.25) is 5.28 Å². The van der Waals surface area contributed by atoms with Gasteiger partial charge in [0.2, 0.25) is 5.28 Å². The van der Waals surface area contributed by atoms with E-state index in [-0.39, 0.29) is 5.28 Å². The third kappa shape index (κ3) is 3.03. The van der Waals surface area contributed by atoms with Crippen LogP contribution < -0.4 is 0 Å². The van der Waals surface area contributed by atoms with E-state index in [1.54, 1.807) is 6.20 Å². The number of aliphatic imine (C=N–C) groups is 1. The number of aromatic nitrogens is 6. The van der Waals surface area contributed by atoms with E-state index in [1.807, 2.05) is 31.1 Å². The first kappa shape index (κ1) is 17.6. The molecule has 1 atom stereocenters. The minimum absolute atomic E-state index is 0.256. The topological polar surface area (TPSA) is 73.8 Å². The van der Waals surface area contributed by atoms with E-state index >= 15 is 0 Å². The molecule has 1 unspecified atom stereocenters. The van der Waals surface area contributed by atoms with E-state index in [2.05, 4.69) is 30.2 Å². The van der Waals surface area contributed by atoms with E-state index in [1.165, 1.54) is 12.8 Å². The maximum atomic E-state index is 6.36. The zero-order chi connectivity index (χ0) is 19.0. The summed E-state index contributed by atoms with van der Waals surface area (Å²) in [6.45, 7) is 0.879. The summed E-state index contributed by atoms with van der Waals surface area (Å²) in [6.07, 6.45) is 20.0. The Balaban J connectivity index is 1.52. The summed E-state index contributed by atoms with van der Waals surface area (Å²) in [4.78, 5) is 22.7. The first-order valence-electron chi connectivity index (χ1n) is 9.84. The molecule has 0 radical (unpaired) electrons. The Morgan fingerprint density at radius 3 is 2.82 bits per heavy atom. The van der Waals surface area contributed by atoms with Gasteiger partial charge in [0, 0.05) is 31.2 Å². The van der Waals surface area contributed by atoms with Gasteiger partial charge in [-0.05, 0) is 49.4 Å². The predicted molar refractivity (Wildman–Crippen MR) is 109 cm³/mol. The fourth-order valence-corrected chi connectivity index (χ4v) is 4.58. The number of imidazole rings is 2. The quantitative estimate of drug-likeness (QED) is 0.589. The Labute approximate surface area is 168 Å². The summed E-state index contributed by atoms with van der Waals surface area (Å²) in [5.74, 6) is 0. The van der Waals surface area contributed by atoms with Crippen LogP contribution in [-0.4, -0.2) is 35.3 Å². The first-order valence-corrected chi connectivity index (χ1v) is 10.2. The second-order valence-electron chi connectivity index (χ2n) is 7.57. The van der Waals surface area contributed by atoms with Crippen molar-refractivity contribution < 1.29 is 0 Å². The van der Waals surface area contributed by atoms with Crippen LogP contribution in [0.1, 0.15) is 50.3 Å². The molecule has 1 fully saturated rings. The van der Waals surface area contributed by atoms with E-state index in [0.29, 0.717) is 6.04 Å². The lowest BCUT2D eigenvalue weighted by molar-refractivity contribution is 0.463. The molecule has 28 heavy (non-hydrogen) atoms. The summed E-state index contributed by atoms with van der Waals surface area (Å²) in [6, 6.07) is 0.448. The smallest absolute Gasteiger partial charge is 0.224 e. The number of aryl methyl sites for hydroxylation is 1. The zero-order valence-corrected chi connectivity index (χ0v) is 16.3. The number of nitrogens with zero attached hydrogens (tertiary/aromatic N) is 7. The van der Waals surface area contributed by atoms with Crippen molar-refractivity contribution in [2.45, 2.75) is 56.7 Å². The molecule has 3 aromatic heterocycles.